The van der Waals surface area contributed by atoms with Gasteiger partial charge in [-0.05, 0) is 32.8 Å². The minimum Gasteiger partial charge on any atom is -0.481 e. The lowest BCUT2D eigenvalue weighted by Crippen LogP contribution is -2.37. The highest BCUT2D eigenvalue weighted by Crippen LogP contribution is 2.27. The Morgan fingerprint density at radius 3 is 2.62 bits per heavy atom. The Labute approximate surface area is 172 Å². The molecule has 0 fully saturated rings. The Morgan fingerprint density at radius 2 is 1.97 bits per heavy atom. The second kappa shape index (κ2) is 10.2. The van der Waals surface area contributed by atoms with Gasteiger partial charge in [-0.2, -0.15) is 0 Å². The van der Waals surface area contributed by atoms with Gasteiger partial charge in [-0.1, -0.05) is 44.2 Å². The number of amides is 1. The van der Waals surface area contributed by atoms with Gasteiger partial charge in [0.1, 0.15) is 18.0 Å². The van der Waals surface area contributed by atoms with Gasteiger partial charge in [0.15, 0.2) is 5.69 Å². The summed E-state index contributed by atoms with van der Waals surface area (Å²) in [6.45, 7) is 11.1. The number of fused-ring (bicyclic) bond motifs is 1. The van der Waals surface area contributed by atoms with Crippen LogP contribution < -0.4 is 15.6 Å². The van der Waals surface area contributed by atoms with Crippen molar-refractivity contribution in [2.45, 2.75) is 59.8 Å². The predicted octanol–water partition coefficient (Wildman–Crippen LogP) is 3.25. The topological polar surface area (TPSA) is 82.5 Å². The largest absolute Gasteiger partial charge is 0.481 e. The van der Waals surface area contributed by atoms with Gasteiger partial charge in [-0.25, -0.2) is 4.98 Å². The molecule has 0 aliphatic carbocycles. The molecule has 0 atom stereocenters. The highest BCUT2D eigenvalue weighted by Gasteiger charge is 2.33. The van der Waals surface area contributed by atoms with Gasteiger partial charge in [0.25, 0.3) is 11.5 Å². The smallest absolute Gasteiger partial charge is 0.296 e. The van der Waals surface area contributed by atoms with Crippen LogP contribution in [0.2, 0.25) is 0 Å². The Hall–Kier alpha value is -2.67. The summed E-state index contributed by atoms with van der Waals surface area (Å²) < 4.78 is 13.2. The van der Waals surface area contributed by atoms with Gasteiger partial charge >= 0.3 is 0 Å². The maximum Gasteiger partial charge on any atom is 0.296 e. The molecule has 29 heavy (non-hydrogen) atoms. The first-order valence-electron chi connectivity index (χ1n) is 10.2. The number of carbonyl (C=O) groups is 1. The maximum atomic E-state index is 13.2. The third kappa shape index (κ3) is 5.23. The molecule has 0 bridgehead atoms. The molecule has 158 valence electrons. The zero-order valence-corrected chi connectivity index (χ0v) is 17.9. The predicted molar refractivity (Wildman–Crippen MR) is 112 cm³/mol. The van der Waals surface area contributed by atoms with E-state index < -0.39 is 11.5 Å². The molecule has 0 saturated heterocycles. The number of carbonyl (C=O) groups excluding carboxylic acids is 1. The molecule has 0 spiro atoms. The second-order valence-corrected chi connectivity index (χ2v) is 6.92. The molecule has 2 heterocycles. The van der Waals surface area contributed by atoms with E-state index in [9.17, 15) is 9.59 Å². The van der Waals surface area contributed by atoms with E-state index in [0.29, 0.717) is 31.9 Å². The molecule has 1 N–H and O–H groups in total. The van der Waals surface area contributed by atoms with Crippen molar-refractivity contribution in [3.63, 3.8) is 0 Å². The summed E-state index contributed by atoms with van der Waals surface area (Å²) in [7, 11) is 0. The van der Waals surface area contributed by atoms with Crippen LogP contribution in [0.15, 0.2) is 35.1 Å². The highest BCUT2D eigenvalue weighted by molar-refractivity contribution is 5.94. The molecule has 1 aromatic heterocycles. The molecule has 1 aromatic carbocycles. The van der Waals surface area contributed by atoms with Crippen molar-refractivity contribution < 1.29 is 14.3 Å². The normalized spacial score (nSPS) is 14.7. The van der Waals surface area contributed by atoms with Crippen LogP contribution in [0.5, 0.6) is 5.75 Å². The van der Waals surface area contributed by atoms with Crippen LogP contribution in [-0.2, 0) is 23.5 Å². The van der Waals surface area contributed by atoms with Gasteiger partial charge in [0.2, 0.25) is 5.75 Å². The second-order valence-electron chi connectivity index (χ2n) is 6.92. The van der Waals surface area contributed by atoms with Crippen LogP contribution in [0, 0.1) is 0 Å². The minimum absolute atomic E-state index is 0.00241. The molecular weight excluding hydrogens is 370 g/mol. The monoisotopic (exact) mass is 401 g/mol. The summed E-state index contributed by atoms with van der Waals surface area (Å²) in [5.41, 5.74) is -0.213. The summed E-state index contributed by atoms with van der Waals surface area (Å²) in [5.74, 6) is -0.00863. The standard InChI is InChI=1S/C20H25N3O4.C2H6/c1-4-21-17(24)15-16(26-13-14-9-6-5-7-10-14)18(25)23-11-8-12-27-20(2,3)19(23)22-15;1-2/h5-7,9-10H,4,8,11-13H2,1-3H3,(H,21,24);1-2H3. The third-order valence-corrected chi connectivity index (χ3v) is 4.43. The first-order chi connectivity index (χ1) is 13.9. The van der Waals surface area contributed by atoms with Crippen molar-refractivity contribution in [1.29, 1.82) is 0 Å². The van der Waals surface area contributed by atoms with E-state index >= 15 is 0 Å². The van der Waals surface area contributed by atoms with E-state index in [1.807, 2.05) is 65.0 Å². The zero-order valence-electron chi connectivity index (χ0n) is 17.9. The van der Waals surface area contributed by atoms with E-state index in [0.717, 1.165) is 5.56 Å². The van der Waals surface area contributed by atoms with Gasteiger partial charge in [-0.15, -0.1) is 0 Å². The molecule has 1 aliphatic rings. The Morgan fingerprint density at radius 1 is 1.28 bits per heavy atom. The average molecular weight is 402 g/mol. The summed E-state index contributed by atoms with van der Waals surface area (Å²) in [5, 5.41) is 2.71. The molecule has 0 saturated carbocycles. The number of benzene rings is 1. The maximum absolute atomic E-state index is 13.2. The average Bonchev–Trinajstić information content (AvgIpc) is 2.88. The molecule has 3 rings (SSSR count). The molecule has 1 aliphatic heterocycles. The molecule has 0 radical (unpaired) electrons. The van der Waals surface area contributed by atoms with Crippen molar-refractivity contribution in [2.24, 2.45) is 0 Å². The Bertz CT molecular complexity index is 876. The fourth-order valence-corrected chi connectivity index (χ4v) is 3.08. The number of rotatable bonds is 5. The SMILES string of the molecule is CC.CCNC(=O)c1nc2n(c(=O)c1OCc1ccccc1)CCCOC2(C)C. The van der Waals surface area contributed by atoms with Crippen molar-refractivity contribution >= 4 is 5.91 Å². The number of ether oxygens (including phenoxy) is 2. The molecule has 1 amide bonds. The van der Waals surface area contributed by atoms with Crippen LogP contribution in [0.25, 0.3) is 0 Å². The first kappa shape index (κ1) is 22.6. The lowest BCUT2D eigenvalue weighted by atomic mass is 10.1. The van der Waals surface area contributed by atoms with Crippen LogP contribution >= 0.6 is 0 Å². The lowest BCUT2D eigenvalue weighted by molar-refractivity contribution is -0.0227. The highest BCUT2D eigenvalue weighted by atomic mass is 16.5. The van der Waals surface area contributed by atoms with Gasteiger partial charge in [0.05, 0.1) is 0 Å². The van der Waals surface area contributed by atoms with E-state index in [-0.39, 0.29) is 23.6 Å². The van der Waals surface area contributed by atoms with Gasteiger partial charge < -0.3 is 14.8 Å². The summed E-state index contributed by atoms with van der Waals surface area (Å²) in [4.78, 5) is 30.3. The Kier molecular flexibility index (Phi) is 7.96. The number of aromatic nitrogens is 2. The number of nitrogens with one attached hydrogen (secondary N) is 1. The lowest BCUT2D eigenvalue weighted by Gasteiger charge is -2.25. The van der Waals surface area contributed by atoms with E-state index in [1.54, 1.807) is 4.57 Å². The number of hydrogen-bond acceptors (Lipinski definition) is 5. The fourth-order valence-electron chi connectivity index (χ4n) is 3.08. The van der Waals surface area contributed by atoms with Gasteiger partial charge in [0, 0.05) is 19.7 Å². The van der Waals surface area contributed by atoms with E-state index in [2.05, 4.69) is 10.3 Å². The van der Waals surface area contributed by atoms with Crippen LogP contribution in [0.3, 0.4) is 0 Å². The number of hydrogen-bond donors (Lipinski definition) is 1. The van der Waals surface area contributed by atoms with Crippen LogP contribution in [0.4, 0.5) is 0 Å². The molecule has 0 unspecified atom stereocenters. The number of nitrogens with zero attached hydrogens (tertiary/aromatic N) is 2. The molecule has 2 aromatic rings. The van der Waals surface area contributed by atoms with Crippen molar-refractivity contribution in [1.82, 2.24) is 14.9 Å². The van der Waals surface area contributed by atoms with Crippen molar-refractivity contribution in [3.8, 4) is 5.75 Å². The summed E-state index contributed by atoms with van der Waals surface area (Å²) in [6.07, 6.45) is 0.691. The minimum atomic E-state index is -0.769. The summed E-state index contributed by atoms with van der Waals surface area (Å²) in [6, 6.07) is 9.50. The van der Waals surface area contributed by atoms with E-state index in [4.69, 9.17) is 9.47 Å². The Balaban J connectivity index is 0.00000145. The molecular formula is C22H31N3O4. The quantitative estimate of drug-likeness (QED) is 0.832. The fraction of sp³-hybridized carbons (Fsp3) is 0.500. The zero-order chi connectivity index (χ0) is 21.4. The molecule has 7 nitrogen and oxygen atoms in total. The molecule has 7 heteroatoms. The van der Waals surface area contributed by atoms with E-state index in [1.165, 1.54) is 0 Å². The van der Waals surface area contributed by atoms with Crippen molar-refractivity contribution in [3.05, 3.63) is 57.8 Å². The van der Waals surface area contributed by atoms with Crippen molar-refractivity contribution in [2.75, 3.05) is 13.2 Å². The van der Waals surface area contributed by atoms with Crippen LogP contribution in [-0.4, -0.2) is 28.6 Å². The first-order valence-corrected chi connectivity index (χ1v) is 10.2. The van der Waals surface area contributed by atoms with Gasteiger partial charge in [-0.3, -0.25) is 14.2 Å². The van der Waals surface area contributed by atoms with Crippen LogP contribution in [0.1, 0.15) is 62.9 Å². The summed E-state index contributed by atoms with van der Waals surface area (Å²) >= 11 is 0. The third-order valence-electron chi connectivity index (χ3n) is 4.43.